The highest BCUT2D eigenvalue weighted by Crippen LogP contribution is 2.11. The molecule has 1 rings (SSSR count). The first-order chi connectivity index (χ1) is 6.54. The molecular weight excluding hydrogens is 176 g/mol. The molecule has 14 heavy (non-hydrogen) atoms. The Morgan fingerprint density at radius 2 is 1.71 bits per heavy atom. The first-order valence-corrected chi connectivity index (χ1v) is 4.70. The second-order valence-electron chi connectivity index (χ2n) is 3.62. The number of benzene rings is 1. The zero-order valence-corrected chi connectivity index (χ0v) is 9.13. The van der Waals surface area contributed by atoms with E-state index in [4.69, 9.17) is 4.74 Å². The van der Waals surface area contributed by atoms with Crippen molar-refractivity contribution in [2.75, 3.05) is 7.11 Å². The number of aryl methyl sites for hydroxylation is 2. The standard InChI is InChI=1S/C12H16O2/c1-8-5-9(2)7-11(6-8)12(13)10(3)14-4/h5-7,10H,1-4H3. The molecule has 0 saturated carbocycles. The predicted octanol–water partition coefficient (Wildman–Crippen LogP) is 2.52. The normalized spacial score (nSPS) is 12.6. The summed E-state index contributed by atoms with van der Waals surface area (Å²) in [5.41, 5.74) is 2.95. The molecule has 1 unspecified atom stereocenters. The predicted molar refractivity (Wildman–Crippen MR) is 56.7 cm³/mol. The van der Waals surface area contributed by atoms with Crippen molar-refractivity contribution >= 4 is 5.78 Å². The molecule has 0 fully saturated rings. The summed E-state index contributed by atoms with van der Waals surface area (Å²) in [6, 6.07) is 5.84. The van der Waals surface area contributed by atoms with Gasteiger partial charge in [0.05, 0.1) is 0 Å². The highest BCUT2D eigenvalue weighted by atomic mass is 16.5. The van der Waals surface area contributed by atoms with Crippen molar-refractivity contribution in [2.45, 2.75) is 26.9 Å². The zero-order valence-electron chi connectivity index (χ0n) is 9.13. The Morgan fingerprint density at radius 1 is 1.21 bits per heavy atom. The van der Waals surface area contributed by atoms with E-state index >= 15 is 0 Å². The first kappa shape index (κ1) is 10.9. The van der Waals surface area contributed by atoms with Gasteiger partial charge in [-0.2, -0.15) is 0 Å². The number of methoxy groups -OCH3 is 1. The monoisotopic (exact) mass is 192 g/mol. The van der Waals surface area contributed by atoms with E-state index in [9.17, 15) is 4.79 Å². The van der Waals surface area contributed by atoms with E-state index in [0.717, 1.165) is 16.7 Å². The summed E-state index contributed by atoms with van der Waals surface area (Å²) in [6.45, 7) is 5.74. The summed E-state index contributed by atoms with van der Waals surface area (Å²) < 4.78 is 5.00. The van der Waals surface area contributed by atoms with Gasteiger partial charge >= 0.3 is 0 Å². The fraction of sp³-hybridized carbons (Fsp3) is 0.417. The second-order valence-corrected chi connectivity index (χ2v) is 3.62. The van der Waals surface area contributed by atoms with E-state index in [-0.39, 0.29) is 11.9 Å². The van der Waals surface area contributed by atoms with Crippen LogP contribution in [0.25, 0.3) is 0 Å². The second kappa shape index (κ2) is 4.38. The minimum absolute atomic E-state index is 0.0410. The third kappa shape index (κ3) is 2.42. The number of hydrogen-bond acceptors (Lipinski definition) is 2. The van der Waals surface area contributed by atoms with Crippen molar-refractivity contribution < 1.29 is 9.53 Å². The smallest absolute Gasteiger partial charge is 0.191 e. The van der Waals surface area contributed by atoms with Crippen LogP contribution in [0.5, 0.6) is 0 Å². The van der Waals surface area contributed by atoms with Crippen LogP contribution in [0.2, 0.25) is 0 Å². The lowest BCUT2D eigenvalue weighted by Gasteiger charge is -2.09. The van der Waals surface area contributed by atoms with Gasteiger partial charge in [0.15, 0.2) is 5.78 Å². The average Bonchev–Trinajstić information content (AvgIpc) is 2.14. The molecule has 0 spiro atoms. The topological polar surface area (TPSA) is 26.3 Å². The molecule has 2 heteroatoms. The summed E-state index contributed by atoms with van der Waals surface area (Å²) >= 11 is 0. The maximum absolute atomic E-state index is 11.8. The van der Waals surface area contributed by atoms with Crippen molar-refractivity contribution in [3.8, 4) is 0 Å². The van der Waals surface area contributed by atoms with E-state index in [2.05, 4.69) is 0 Å². The highest BCUT2D eigenvalue weighted by Gasteiger charge is 2.14. The Balaban J connectivity index is 3.01. The summed E-state index contributed by atoms with van der Waals surface area (Å²) in [6.07, 6.45) is -0.365. The molecular formula is C12H16O2. The Labute approximate surface area is 84.9 Å². The lowest BCUT2D eigenvalue weighted by molar-refractivity contribution is 0.0655. The van der Waals surface area contributed by atoms with E-state index in [0.29, 0.717) is 0 Å². The van der Waals surface area contributed by atoms with Crippen LogP contribution in [0, 0.1) is 13.8 Å². The summed E-state index contributed by atoms with van der Waals surface area (Å²) in [5, 5.41) is 0. The third-order valence-electron chi connectivity index (χ3n) is 2.23. The van der Waals surface area contributed by atoms with Gasteiger partial charge in [0.2, 0.25) is 0 Å². The van der Waals surface area contributed by atoms with Gasteiger partial charge in [0.1, 0.15) is 6.10 Å². The van der Waals surface area contributed by atoms with Gasteiger partial charge in [0.25, 0.3) is 0 Å². The lowest BCUT2D eigenvalue weighted by Crippen LogP contribution is -2.19. The van der Waals surface area contributed by atoms with Gasteiger partial charge in [0, 0.05) is 12.7 Å². The van der Waals surface area contributed by atoms with Crippen LogP contribution in [0.3, 0.4) is 0 Å². The van der Waals surface area contributed by atoms with Crippen molar-refractivity contribution in [1.82, 2.24) is 0 Å². The number of Topliss-reactive ketones (excluding diaryl/α,β-unsaturated/α-hetero) is 1. The number of hydrogen-bond donors (Lipinski definition) is 0. The average molecular weight is 192 g/mol. The fourth-order valence-electron chi connectivity index (χ4n) is 1.46. The van der Waals surface area contributed by atoms with Crippen LogP contribution in [-0.4, -0.2) is 19.0 Å². The van der Waals surface area contributed by atoms with Gasteiger partial charge in [-0.15, -0.1) is 0 Å². The van der Waals surface area contributed by atoms with Gasteiger partial charge in [-0.3, -0.25) is 4.79 Å². The molecule has 0 N–H and O–H groups in total. The SMILES string of the molecule is COC(C)C(=O)c1cc(C)cc(C)c1. The largest absolute Gasteiger partial charge is 0.374 e. The molecule has 0 amide bonds. The molecule has 0 aliphatic rings. The number of rotatable bonds is 3. The Hall–Kier alpha value is -1.15. The molecule has 0 aromatic heterocycles. The number of ether oxygens (including phenoxy) is 1. The number of ketones is 1. The van der Waals surface area contributed by atoms with Crippen molar-refractivity contribution in [1.29, 1.82) is 0 Å². The van der Waals surface area contributed by atoms with E-state index in [1.807, 2.05) is 32.0 Å². The van der Waals surface area contributed by atoms with Gasteiger partial charge < -0.3 is 4.74 Å². The molecule has 1 aromatic carbocycles. The molecule has 0 bridgehead atoms. The van der Waals surface area contributed by atoms with Crippen molar-refractivity contribution in [3.63, 3.8) is 0 Å². The van der Waals surface area contributed by atoms with Crippen LogP contribution in [0.1, 0.15) is 28.4 Å². The van der Waals surface area contributed by atoms with E-state index in [1.54, 1.807) is 14.0 Å². The van der Waals surface area contributed by atoms with Crippen molar-refractivity contribution in [3.05, 3.63) is 34.9 Å². The summed E-state index contributed by atoms with van der Waals surface area (Å²) in [4.78, 5) is 11.8. The Bertz CT molecular complexity index is 322. The molecule has 0 aliphatic carbocycles. The van der Waals surface area contributed by atoms with Gasteiger partial charge in [-0.05, 0) is 32.9 Å². The van der Waals surface area contributed by atoms with Crippen LogP contribution >= 0.6 is 0 Å². The van der Waals surface area contributed by atoms with E-state index < -0.39 is 0 Å². The van der Waals surface area contributed by atoms with Crippen LogP contribution < -0.4 is 0 Å². The zero-order chi connectivity index (χ0) is 10.7. The molecule has 0 radical (unpaired) electrons. The Morgan fingerprint density at radius 3 is 2.14 bits per heavy atom. The molecule has 0 aliphatic heterocycles. The summed E-state index contributed by atoms with van der Waals surface area (Å²) in [7, 11) is 1.55. The number of carbonyl (C=O) groups excluding carboxylic acids is 1. The quantitative estimate of drug-likeness (QED) is 0.688. The minimum atomic E-state index is -0.365. The van der Waals surface area contributed by atoms with Gasteiger partial charge in [-0.1, -0.05) is 17.2 Å². The van der Waals surface area contributed by atoms with E-state index in [1.165, 1.54) is 0 Å². The number of carbonyl (C=O) groups is 1. The molecule has 76 valence electrons. The highest BCUT2D eigenvalue weighted by molar-refractivity contribution is 5.99. The van der Waals surface area contributed by atoms with Crippen LogP contribution in [0.4, 0.5) is 0 Å². The van der Waals surface area contributed by atoms with Crippen LogP contribution in [-0.2, 0) is 4.74 Å². The van der Waals surface area contributed by atoms with Gasteiger partial charge in [-0.25, -0.2) is 0 Å². The molecule has 0 heterocycles. The fourth-order valence-corrected chi connectivity index (χ4v) is 1.46. The maximum Gasteiger partial charge on any atom is 0.191 e. The van der Waals surface area contributed by atoms with Crippen molar-refractivity contribution in [2.24, 2.45) is 0 Å². The third-order valence-corrected chi connectivity index (χ3v) is 2.23. The maximum atomic E-state index is 11.8. The molecule has 2 nitrogen and oxygen atoms in total. The summed E-state index contributed by atoms with van der Waals surface area (Å²) in [5.74, 6) is 0.0410. The molecule has 1 atom stereocenters. The molecule has 0 saturated heterocycles. The Kier molecular flexibility index (Phi) is 3.42. The minimum Gasteiger partial charge on any atom is -0.374 e. The lowest BCUT2D eigenvalue weighted by atomic mass is 10.0. The first-order valence-electron chi connectivity index (χ1n) is 4.70. The molecule has 1 aromatic rings. The van der Waals surface area contributed by atoms with Crippen LogP contribution in [0.15, 0.2) is 18.2 Å².